The van der Waals surface area contributed by atoms with Crippen LogP contribution >= 0.6 is 15.9 Å². The van der Waals surface area contributed by atoms with Crippen molar-refractivity contribution in [3.8, 4) is 0 Å². The van der Waals surface area contributed by atoms with Crippen LogP contribution < -0.4 is 10.5 Å². The quantitative estimate of drug-likeness (QED) is 0.864. The smallest absolute Gasteiger partial charge is 0.242 e. The Morgan fingerprint density at radius 1 is 1.47 bits per heavy atom. The summed E-state index contributed by atoms with van der Waals surface area (Å²) in [6.45, 7) is 3.24. The fourth-order valence-electron chi connectivity index (χ4n) is 1.18. The molecule has 0 saturated carbocycles. The number of hydrogen-bond acceptors (Lipinski definition) is 3. The van der Waals surface area contributed by atoms with Gasteiger partial charge in [-0.25, -0.2) is 8.42 Å². The molecule has 1 aromatic carbocycles. The zero-order valence-corrected chi connectivity index (χ0v) is 11.8. The second-order valence-corrected chi connectivity index (χ2v) is 6.22. The number of primary amides is 1. The number of amides is 1. The van der Waals surface area contributed by atoms with Crippen molar-refractivity contribution in [1.29, 1.82) is 0 Å². The van der Waals surface area contributed by atoms with Crippen LogP contribution in [0.3, 0.4) is 0 Å². The zero-order valence-electron chi connectivity index (χ0n) is 9.40. The lowest BCUT2D eigenvalue weighted by Crippen LogP contribution is -2.42. The molecule has 1 aromatic rings. The van der Waals surface area contributed by atoms with Crippen LogP contribution in [0.15, 0.2) is 27.6 Å². The third-order valence-corrected chi connectivity index (χ3v) is 4.65. The Morgan fingerprint density at radius 2 is 2.06 bits per heavy atom. The molecule has 0 heterocycles. The lowest BCUT2D eigenvalue weighted by atomic mass is 10.2. The first-order chi connectivity index (χ1) is 7.74. The lowest BCUT2D eigenvalue weighted by molar-refractivity contribution is -0.119. The number of sulfonamides is 1. The van der Waals surface area contributed by atoms with E-state index < -0.39 is 22.0 Å². The molecule has 0 bridgehead atoms. The van der Waals surface area contributed by atoms with Gasteiger partial charge in [0.2, 0.25) is 15.9 Å². The molecule has 1 rings (SSSR count). The molecule has 7 heteroatoms. The van der Waals surface area contributed by atoms with Crippen molar-refractivity contribution in [3.63, 3.8) is 0 Å². The van der Waals surface area contributed by atoms with Gasteiger partial charge in [-0.1, -0.05) is 6.07 Å². The van der Waals surface area contributed by atoms with Crippen molar-refractivity contribution in [2.24, 2.45) is 5.73 Å². The Kier molecular flexibility index (Phi) is 4.29. The van der Waals surface area contributed by atoms with Crippen molar-refractivity contribution in [3.05, 3.63) is 28.2 Å². The van der Waals surface area contributed by atoms with E-state index in [1.165, 1.54) is 13.0 Å². The molecule has 0 aliphatic rings. The standard InChI is InChI=1S/C10H13BrN2O3S/c1-6-3-4-9(8(11)5-6)17(15,16)13-7(2)10(12)14/h3-5,7,13H,1-2H3,(H2,12,14)/t7-/m1/s1. The predicted molar refractivity (Wildman–Crippen MR) is 67.9 cm³/mol. The van der Waals surface area contributed by atoms with Gasteiger partial charge in [-0.3, -0.25) is 4.79 Å². The Hall–Kier alpha value is -0.920. The summed E-state index contributed by atoms with van der Waals surface area (Å²) >= 11 is 3.17. The third-order valence-electron chi connectivity index (χ3n) is 2.14. The highest BCUT2D eigenvalue weighted by atomic mass is 79.9. The summed E-state index contributed by atoms with van der Waals surface area (Å²) < 4.78 is 26.5. The molecule has 1 amide bonds. The maximum atomic E-state index is 11.9. The third kappa shape index (κ3) is 3.52. The van der Waals surface area contributed by atoms with E-state index in [0.29, 0.717) is 4.47 Å². The van der Waals surface area contributed by atoms with Gasteiger partial charge in [0, 0.05) is 4.47 Å². The number of nitrogens with one attached hydrogen (secondary N) is 1. The Bertz CT molecular complexity index is 542. The molecule has 0 aliphatic heterocycles. The molecule has 0 saturated heterocycles. The minimum atomic E-state index is -3.75. The number of benzene rings is 1. The number of aryl methyl sites for hydroxylation is 1. The highest BCUT2D eigenvalue weighted by Gasteiger charge is 2.22. The van der Waals surface area contributed by atoms with Crippen molar-refractivity contribution in [2.75, 3.05) is 0 Å². The fourth-order valence-corrected chi connectivity index (χ4v) is 3.58. The number of carbonyl (C=O) groups excluding carboxylic acids is 1. The van der Waals surface area contributed by atoms with E-state index in [0.717, 1.165) is 5.56 Å². The van der Waals surface area contributed by atoms with Gasteiger partial charge < -0.3 is 5.73 Å². The van der Waals surface area contributed by atoms with Crippen molar-refractivity contribution in [2.45, 2.75) is 24.8 Å². The van der Waals surface area contributed by atoms with Gasteiger partial charge >= 0.3 is 0 Å². The van der Waals surface area contributed by atoms with Crippen LogP contribution in [-0.2, 0) is 14.8 Å². The number of halogens is 1. The number of rotatable bonds is 4. The SMILES string of the molecule is Cc1ccc(S(=O)(=O)N[C@H](C)C(N)=O)c(Br)c1. The van der Waals surface area contributed by atoms with Gasteiger partial charge in [0.25, 0.3) is 0 Å². The molecule has 0 aliphatic carbocycles. The summed E-state index contributed by atoms with van der Waals surface area (Å²) in [5.41, 5.74) is 5.94. The monoisotopic (exact) mass is 320 g/mol. The second-order valence-electron chi connectivity index (χ2n) is 3.68. The van der Waals surface area contributed by atoms with Crippen LogP contribution in [0.25, 0.3) is 0 Å². The molecular weight excluding hydrogens is 308 g/mol. The molecule has 0 fully saturated rings. The minimum Gasteiger partial charge on any atom is -0.368 e. The van der Waals surface area contributed by atoms with Crippen LogP contribution in [0.2, 0.25) is 0 Å². The summed E-state index contributed by atoms with van der Waals surface area (Å²) in [5.74, 6) is -0.725. The van der Waals surface area contributed by atoms with Crippen molar-refractivity contribution < 1.29 is 13.2 Å². The zero-order chi connectivity index (χ0) is 13.2. The van der Waals surface area contributed by atoms with Crippen LogP contribution in [-0.4, -0.2) is 20.4 Å². The van der Waals surface area contributed by atoms with E-state index >= 15 is 0 Å². The van der Waals surface area contributed by atoms with Gasteiger partial charge in [-0.05, 0) is 47.5 Å². The predicted octanol–water partition coefficient (Wildman–Crippen LogP) is 0.910. The summed E-state index contributed by atoms with van der Waals surface area (Å²) in [4.78, 5) is 10.9. The summed E-state index contributed by atoms with van der Waals surface area (Å²) in [5, 5.41) is 0. The first kappa shape index (κ1) is 14.1. The molecule has 17 heavy (non-hydrogen) atoms. The molecule has 0 unspecified atom stereocenters. The molecule has 0 aromatic heterocycles. The molecule has 0 radical (unpaired) electrons. The molecule has 1 atom stereocenters. The summed E-state index contributed by atoms with van der Waals surface area (Å²) in [6.07, 6.45) is 0. The number of nitrogens with two attached hydrogens (primary N) is 1. The number of hydrogen-bond donors (Lipinski definition) is 2. The van der Waals surface area contributed by atoms with Crippen molar-refractivity contribution >= 4 is 31.9 Å². The minimum absolute atomic E-state index is 0.0798. The van der Waals surface area contributed by atoms with E-state index in [-0.39, 0.29) is 4.90 Å². The van der Waals surface area contributed by atoms with Gasteiger partial charge in [-0.2, -0.15) is 4.72 Å². The molecule has 0 spiro atoms. The molecular formula is C10H13BrN2O3S. The van der Waals surface area contributed by atoms with E-state index in [2.05, 4.69) is 20.7 Å². The maximum Gasteiger partial charge on any atom is 0.242 e. The van der Waals surface area contributed by atoms with Gasteiger partial charge in [0.1, 0.15) is 0 Å². The maximum absolute atomic E-state index is 11.9. The van der Waals surface area contributed by atoms with Gasteiger partial charge in [0.05, 0.1) is 10.9 Å². The Labute approximate surface area is 109 Å². The largest absolute Gasteiger partial charge is 0.368 e. The van der Waals surface area contributed by atoms with Gasteiger partial charge in [-0.15, -0.1) is 0 Å². The van der Waals surface area contributed by atoms with E-state index in [9.17, 15) is 13.2 Å². The van der Waals surface area contributed by atoms with E-state index in [4.69, 9.17) is 5.73 Å². The number of carbonyl (C=O) groups is 1. The molecule has 94 valence electrons. The van der Waals surface area contributed by atoms with Crippen LogP contribution in [0.5, 0.6) is 0 Å². The summed E-state index contributed by atoms with van der Waals surface area (Å²) in [6, 6.07) is 3.88. The van der Waals surface area contributed by atoms with Gasteiger partial charge in [0.15, 0.2) is 0 Å². The summed E-state index contributed by atoms with van der Waals surface area (Å²) in [7, 11) is -3.75. The van der Waals surface area contributed by atoms with Crippen LogP contribution in [0, 0.1) is 6.92 Å². The van der Waals surface area contributed by atoms with Crippen LogP contribution in [0.4, 0.5) is 0 Å². The fraction of sp³-hybridized carbons (Fsp3) is 0.300. The second kappa shape index (κ2) is 5.16. The first-order valence-electron chi connectivity index (χ1n) is 4.82. The Balaban J connectivity index is 3.10. The van der Waals surface area contributed by atoms with Crippen LogP contribution in [0.1, 0.15) is 12.5 Å². The van der Waals surface area contributed by atoms with E-state index in [1.54, 1.807) is 12.1 Å². The topological polar surface area (TPSA) is 89.3 Å². The molecule has 3 N–H and O–H groups in total. The van der Waals surface area contributed by atoms with Crippen molar-refractivity contribution in [1.82, 2.24) is 4.72 Å². The highest BCUT2D eigenvalue weighted by Crippen LogP contribution is 2.22. The average Bonchev–Trinajstić information content (AvgIpc) is 2.15. The highest BCUT2D eigenvalue weighted by molar-refractivity contribution is 9.10. The Morgan fingerprint density at radius 3 is 2.53 bits per heavy atom. The average molecular weight is 321 g/mol. The normalized spacial score (nSPS) is 13.4. The lowest BCUT2D eigenvalue weighted by Gasteiger charge is -2.12. The van der Waals surface area contributed by atoms with E-state index in [1.807, 2.05) is 6.92 Å². The molecule has 5 nitrogen and oxygen atoms in total. The first-order valence-corrected chi connectivity index (χ1v) is 7.09.